The first-order valence-corrected chi connectivity index (χ1v) is 9.23. The van der Waals surface area contributed by atoms with Gasteiger partial charge in [-0.15, -0.1) is 10.2 Å². The molecule has 2 N–H and O–H groups in total. The van der Waals surface area contributed by atoms with E-state index in [2.05, 4.69) is 20.8 Å². The zero-order valence-corrected chi connectivity index (χ0v) is 15.8. The van der Waals surface area contributed by atoms with Crippen molar-refractivity contribution in [1.29, 1.82) is 0 Å². The van der Waals surface area contributed by atoms with Gasteiger partial charge in [-0.3, -0.25) is 10.1 Å². The van der Waals surface area contributed by atoms with Crippen LogP contribution in [0.3, 0.4) is 0 Å². The van der Waals surface area contributed by atoms with E-state index in [4.69, 9.17) is 23.2 Å². The van der Waals surface area contributed by atoms with Crippen LogP contribution < -0.4 is 10.6 Å². The fraction of sp³-hybridized carbons (Fsp3) is 0.0556. The van der Waals surface area contributed by atoms with E-state index in [9.17, 15) is 4.79 Å². The second kappa shape index (κ2) is 8.80. The molecule has 0 bridgehead atoms. The van der Waals surface area contributed by atoms with Gasteiger partial charge in [-0.25, -0.2) is 0 Å². The van der Waals surface area contributed by atoms with Crippen LogP contribution in [-0.4, -0.2) is 16.1 Å². The summed E-state index contributed by atoms with van der Waals surface area (Å²) >= 11 is 13.1. The van der Waals surface area contributed by atoms with Gasteiger partial charge in [0.2, 0.25) is 16.2 Å². The normalized spacial score (nSPS) is 10.8. The molecule has 0 saturated heterocycles. The van der Waals surface area contributed by atoms with Crippen LogP contribution in [0, 0.1) is 0 Å². The number of carbonyl (C=O) groups excluding carboxylic acids is 1. The fourth-order valence-corrected chi connectivity index (χ4v) is 3.02. The highest BCUT2D eigenvalue weighted by atomic mass is 35.5. The molecule has 0 radical (unpaired) electrons. The highest BCUT2D eigenvalue weighted by Gasteiger charge is 2.07. The zero-order valence-electron chi connectivity index (χ0n) is 13.4. The molecular formula is C18H14Cl2N4OS. The number of halogens is 2. The molecule has 1 heterocycles. The summed E-state index contributed by atoms with van der Waals surface area (Å²) in [5, 5.41) is 15.8. The molecule has 0 atom stereocenters. The Kier molecular flexibility index (Phi) is 6.22. The first-order chi connectivity index (χ1) is 12.6. The Hall–Kier alpha value is -2.41. The molecule has 5 nitrogen and oxygen atoms in total. The van der Waals surface area contributed by atoms with Crippen molar-refractivity contribution in [3.63, 3.8) is 0 Å². The van der Waals surface area contributed by atoms with Gasteiger partial charge in [-0.1, -0.05) is 70.9 Å². The van der Waals surface area contributed by atoms with E-state index < -0.39 is 0 Å². The van der Waals surface area contributed by atoms with Crippen molar-refractivity contribution in [1.82, 2.24) is 10.2 Å². The van der Waals surface area contributed by atoms with Crippen molar-refractivity contribution >= 4 is 56.8 Å². The summed E-state index contributed by atoms with van der Waals surface area (Å²) in [6.45, 7) is 0.521. The van der Waals surface area contributed by atoms with Gasteiger partial charge >= 0.3 is 0 Å². The lowest BCUT2D eigenvalue weighted by Crippen LogP contribution is -2.07. The molecule has 1 aromatic heterocycles. The lowest BCUT2D eigenvalue weighted by atomic mass is 10.2. The number of nitrogens with zero attached hydrogens (tertiary/aromatic N) is 2. The van der Waals surface area contributed by atoms with Crippen molar-refractivity contribution in [2.24, 2.45) is 0 Å². The summed E-state index contributed by atoms with van der Waals surface area (Å²) in [5.41, 5.74) is 1.91. The topological polar surface area (TPSA) is 66.9 Å². The van der Waals surface area contributed by atoms with Gasteiger partial charge in [0.15, 0.2) is 0 Å². The van der Waals surface area contributed by atoms with Crippen LogP contribution in [0.15, 0.2) is 54.6 Å². The van der Waals surface area contributed by atoms with E-state index in [1.165, 1.54) is 17.4 Å². The molecule has 8 heteroatoms. The standard InChI is InChI=1S/C18H14Cl2N4OS/c19-14-8-6-13(10-15(14)20)11-21-17-23-24-18(26-17)22-16(25)9-7-12-4-2-1-3-5-12/h1-10H,11H2,(H,21,23)(H,22,24,25). The molecule has 0 saturated carbocycles. The van der Waals surface area contributed by atoms with Crippen molar-refractivity contribution in [2.45, 2.75) is 6.54 Å². The van der Waals surface area contributed by atoms with Crippen LogP contribution in [0.4, 0.5) is 10.3 Å². The van der Waals surface area contributed by atoms with Crippen molar-refractivity contribution < 1.29 is 4.79 Å². The van der Waals surface area contributed by atoms with Crippen molar-refractivity contribution in [2.75, 3.05) is 10.6 Å². The zero-order chi connectivity index (χ0) is 18.4. The summed E-state index contributed by atoms with van der Waals surface area (Å²) in [5.74, 6) is -0.263. The summed E-state index contributed by atoms with van der Waals surface area (Å²) < 4.78 is 0. The van der Waals surface area contributed by atoms with Gasteiger partial charge in [0.05, 0.1) is 10.0 Å². The molecule has 0 fully saturated rings. The third kappa shape index (κ3) is 5.29. The minimum Gasteiger partial charge on any atom is -0.356 e. The van der Waals surface area contributed by atoms with Gasteiger partial charge in [-0.2, -0.15) is 0 Å². The molecule has 26 heavy (non-hydrogen) atoms. The van der Waals surface area contributed by atoms with Gasteiger partial charge in [-0.05, 0) is 29.3 Å². The molecule has 0 aliphatic rings. The van der Waals surface area contributed by atoms with Crippen molar-refractivity contribution in [3.8, 4) is 0 Å². The highest BCUT2D eigenvalue weighted by Crippen LogP contribution is 2.24. The van der Waals surface area contributed by atoms with E-state index in [-0.39, 0.29) is 5.91 Å². The maximum atomic E-state index is 11.9. The Morgan fingerprint density at radius 3 is 2.58 bits per heavy atom. The molecule has 1 amide bonds. The maximum absolute atomic E-state index is 11.9. The average Bonchev–Trinajstić information content (AvgIpc) is 3.09. The quantitative estimate of drug-likeness (QED) is 0.560. The summed E-state index contributed by atoms with van der Waals surface area (Å²) in [6.07, 6.45) is 3.19. The van der Waals surface area contributed by atoms with E-state index >= 15 is 0 Å². The molecule has 0 spiro atoms. The molecule has 0 aliphatic heterocycles. The molecule has 3 aromatic rings. The third-order valence-electron chi connectivity index (χ3n) is 3.31. The van der Waals surface area contributed by atoms with E-state index in [1.807, 2.05) is 36.4 Å². The summed E-state index contributed by atoms with van der Waals surface area (Å²) in [6, 6.07) is 15.0. The molecule has 3 rings (SSSR count). The van der Waals surface area contributed by atoms with E-state index in [0.29, 0.717) is 26.9 Å². The number of hydrogen-bond donors (Lipinski definition) is 2. The SMILES string of the molecule is O=C(C=Cc1ccccc1)Nc1nnc(NCc2ccc(Cl)c(Cl)c2)s1. The summed E-state index contributed by atoms with van der Waals surface area (Å²) in [4.78, 5) is 11.9. The second-order valence-corrected chi connectivity index (χ2v) is 7.04. The number of nitrogens with one attached hydrogen (secondary N) is 2. The number of anilines is 2. The lowest BCUT2D eigenvalue weighted by molar-refractivity contribution is -0.111. The number of benzene rings is 2. The monoisotopic (exact) mass is 404 g/mol. The smallest absolute Gasteiger partial charge is 0.250 e. The molecule has 2 aromatic carbocycles. The molecule has 0 aliphatic carbocycles. The summed E-state index contributed by atoms with van der Waals surface area (Å²) in [7, 11) is 0. The minimum atomic E-state index is -0.263. The highest BCUT2D eigenvalue weighted by molar-refractivity contribution is 7.19. The van der Waals surface area contributed by atoms with Crippen LogP contribution >= 0.6 is 34.5 Å². The molecular weight excluding hydrogens is 391 g/mol. The average molecular weight is 405 g/mol. The fourth-order valence-electron chi connectivity index (χ4n) is 2.06. The van der Waals surface area contributed by atoms with Gasteiger partial charge in [0.1, 0.15) is 0 Å². The van der Waals surface area contributed by atoms with Crippen LogP contribution in [0.25, 0.3) is 6.08 Å². The van der Waals surface area contributed by atoms with Crippen molar-refractivity contribution in [3.05, 3.63) is 75.8 Å². The Morgan fingerprint density at radius 2 is 1.81 bits per heavy atom. The Morgan fingerprint density at radius 1 is 1.04 bits per heavy atom. The Bertz CT molecular complexity index is 928. The number of rotatable bonds is 6. The first kappa shape index (κ1) is 18.4. The first-order valence-electron chi connectivity index (χ1n) is 7.65. The molecule has 0 unspecified atom stereocenters. The lowest BCUT2D eigenvalue weighted by Gasteiger charge is -2.03. The third-order valence-corrected chi connectivity index (χ3v) is 4.85. The second-order valence-electron chi connectivity index (χ2n) is 5.25. The number of amides is 1. The van der Waals surface area contributed by atoms with E-state index in [0.717, 1.165) is 11.1 Å². The number of aromatic nitrogens is 2. The molecule has 132 valence electrons. The predicted molar refractivity (Wildman–Crippen MR) is 108 cm³/mol. The van der Waals surface area contributed by atoms with Crippen LogP contribution in [0.1, 0.15) is 11.1 Å². The maximum Gasteiger partial charge on any atom is 0.250 e. The Labute approximate surface area is 164 Å². The number of hydrogen-bond acceptors (Lipinski definition) is 5. The van der Waals surface area contributed by atoms with Crippen LogP contribution in [-0.2, 0) is 11.3 Å². The minimum absolute atomic E-state index is 0.263. The Balaban J connectivity index is 1.53. The number of carbonyl (C=O) groups is 1. The van der Waals surface area contributed by atoms with Gasteiger partial charge in [0, 0.05) is 12.6 Å². The largest absolute Gasteiger partial charge is 0.356 e. The van der Waals surface area contributed by atoms with E-state index in [1.54, 1.807) is 18.2 Å². The van der Waals surface area contributed by atoms with Crippen LogP contribution in [0.2, 0.25) is 10.0 Å². The predicted octanol–water partition coefficient (Wildman–Crippen LogP) is 5.11. The van der Waals surface area contributed by atoms with Crippen LogP contribution in [0.5, 0.6) is 0 Å². The van der Waals surface area contributed by atoms with Gasteiger partial charge in [0.25, 0.3) is 0 Å². The van der Waals surface area contributed by atoms with Gasteiger partial charge < -0.3 is 5.32 Å².